The molecule has 1 aliphatic rings. The van der Waals surface area contributed by atoms with E-state index in [1.807, 2.05) is 36.4 Å². The number of nitrogens with zero attached hydrogens (tertiary/aromatic N) is 1. The second-order valence-electron chi connectivity index (χ2n) is 6.83. The summed E-state index contributed by atoms with van der Waals surface area (Å²) in [5.41, 5.74) is 3.23. The van der Waals surface area contributed by atoms with Gasteiger partial charge in [-0.3, -0.25) is 9.69 Å². The van der Waals surface area contributed by atoms with Crippen LogP contribution in [0.2, 0.25) is 0 Å². The van der Waals surface area contributed by atoms with Gasteiger partial charge in [0.05, 0.1) is 17.6 Å². The number of carbonyl (C=O) groups excluding carboxylic acids is 1. The summed E-state index contributed by atoms with van der Waals surface area (Å²) in [5, 5.41) is 3.15. The van der Waals surface area contributed by atoms with Gasteiger partial charge < -0.3 is 5.32 Å². The molecule has 4 rings (SSSR count). The molecule has 3 nitrogen and oxygen atoms in total. The van der Waals surface area contributed by atoms with Gasteiger partial charge in [0.1, 0.15) is 0 Å². The summed E-state index contributed by atoms with van der Waals surface area (Å²) in [6.45, 7) is 1.68. The Hall–Kier alpha value is -2.43. The maximum absolute atomic E-state index is 12.5. The summed E-state index contributed by atoms with van der Waals surface area (Å²) < 4.78 is 0.824. The predicted molar refractivity (Wildman–Crippen MR) is 112 cm³/mol. The van der Waals surface area contributed by atoms with Crippen molar-refractivity contribution in [3.05, 3.63) is 106 Å². The van der Waals surface area contributed by atoms with Crippen molar-refractivity contribution in [1.82, 2.24) is 10.2 Å². The molecule has 0 atom stereocenters. The largest absolute Gasteiger partial charge is 0.347 e. The third kappa shape index (κ3) is 3.97. The minimum absolute atomic E-state index is 0.0249. The number of hydrogen-bond acceptors (Lipinski definition) is 2. The zero-order chi connectivity index (χ0) is 18.6. The van der Waals surface area contributed by atoms with Crippen LogP contribution < -0.4 is 5.32 Å². The molecule has 1 N–H and O–H groups in total. The Morgan fingerprint density at radius 1 is 0.852 bits per heavy atom. The molecule has 1 aliphatic heterocycles. The second-order valence-corrected chi connectivity index (χ2v) is 7.68. The molecule has 0 aliphatic carbocycles. The van der Waals surface area contributed by atoms with E-state index in [1.165, 1.54) is 11.1 Å². The van der Waals surface area contributed by atoms with Crippen LogP contribution >= 0.6 is 15.9 Å². The topological polar surface area (TPSA) is 32.3 Å². The van der Waals surface area contributed by atoms with Gasteiger partial charge in [0, 0.05) is 17.6 Å². The molecule has 4 heteroatoms. The minimum Gasteiger partial charge on any atom is -0.347 e. The van der Waals surface area contributed by atoms with Crippen LogP contribution in [0.3, 0.4) is 0 Å². The highest BCUT2D eigenvalue weighted by Gasteiger charge is 2.35. The van der Waals surface area contributed by atoms with Gasteiger partial charge in [0.15, 0.2) is 0 Å². The normalized spacial score (nSPS) is 14.7. The number of rotatable bonds is 5. The zero-order valence-corrected chi connectivity index (χ0v) is 16.5. The molecule has 0 radical (unpaired) electrons. The third-order valence-corrected chi connectivity index (χ3v) is 5.65. The van der Waals surface area contributed by atoms with E-state index in [0.717, 1.165) is 17.6 Å². The van der Waals surface area contributed by atoms with E-state index < -0.39 is 0 Å². The van der Waals surface area contributed by atoms with Crippen LogP contribution in [-0.2, 0) is 0 Å². The van der Waals surface area contributed by atoms with Gasteiger partial charge in [-0.2, -0.15) is 0 Å². The first-order valence-corrected chi connectivity index (χ1v) is 9.91. The van der Waals surface area contributed by atoms with Crippen LogP contribution in [0.25, 0.3) is 0 Å². The minimum atomic E-state index is -0.0249. The van der Waals surface area contributed by atoms with E-state index in [0.29, 0.717) is 5.56 Å². The number of nitrogens with one attached hydrogen (secondary N) is 1. The first kappa shape index (κ1) is 18.0. The molecule has 1 fully saturated rings. The highest BCUT2D eigenvalue weighted by atomic mass is 79.9. The van der Waals surface area contributed by atoms with Gasteiger partial charge in [0.2, 0.25) is 0 Å². The number of hydrogen-bond donors (Lipinski definition) is 1. The molecular weight excluding hydrogens is 400 g/mol. The second kappa shape index (κ2) is 8.07. The molecule has 3 aromatic rings. The summed E-state index contributed by atoms with van der Waals surface area (Å²) in [4.78, 5) is 14.9. The van der Waals surface area contributed by atoms with Crippen molar-refractivity contribution in [2.45, 2.75) is 12.1 Å². The van der Waals surface area contributed by atoms with E-state index in [2.05, 4.69) is 74.7 Å². The average molecular weight is 421 g/mol. The summed E-state index contributed by atoms with van der Waals surface area (Å²) in [7, 11) is 0. The molecule has 0 aromatic heterocycles. The Kier molecular flexibility index (Phi) is 5.37. The highest BCUT2D eigenvalue weighted by Crippen LogP contribution is 2.32. The Morgan fingerprint density at radius 3 is 1.93 bits per heavy atom. The van der Waals surface area contributed by atoms with Crippen molar-refractivity contribution >= 4 is 21.8 Å². The number of benzene rings is 3. The molecule has 1 amide bonds. The maximum atomic E-state index is 12.5. The maximum Gasteiger partial charge on any atom is 0.252 e. The predicted octanol–water partition coefficient (Wildman–Crippen LogP) is 4.65. The lowest BCUT2D eigenvalue weighted by molar-refractivity contribution is 0.0718. The SMILES string of the molecule is O=C(NC1CN(C(c2ccccc2)c2ccccc2)C1)c1ccccc1Br. The molecule has 136 valence electrons. The number of likely N-dealkylation sites (tertiary alicyclic amines) is 1. The third-order valence-electron chi connectivity index (χ3n) is 4.96. The molecule has 0 bridgehead atoms. The Bertz CT molecular complexity index is 868. The van der Waals surface area contributed by atoms with Gasteiger partial charge in [-0.05, 0) is 39.2 Å². The van der Waals surface area contributed by atoms with Crippen molar-refractivity contribution in [2.75, 3.05) is 13.1 Å². The lowest BCUT2D eigenvalue weighted by Gasteiger charge is -2.45. The van der Waals surface area contributed by atoms with Crippen molar-refractivity contribution in [3.8, 4) is 0 Å². The van der Waals surface area contributed by atoms with Gasteiger partial charge >= 0.3 is 0 Å². The van der Waals surface area contributed by atoms with Crippen molar-refractivity contribution in [1.29, 1.82) is 0 Å². The molecule has 0 spiro atoms. The Balaban J connectivity index is 1.46. The van der Waals surface area contributed by atoms with Crippen LogP contribution in [-0.4, -0.2) is 29.9 Å². The monoisotopic (exact) mass is 420 g/mol. The fraction of sp³-hybridized carbons (Fsp3) is 0.174. The van der Waals surface area contributed by atoms with Crippen LogP contribution in [0.15, 0.2) is 89.4 Å². The fourth-order valence-electron chi connectivity index (χ4n) is 3.61. The fourth-order valence-corrected chi connectivity index (χ4v) is 4.07. The lowest BCUT2D eigenvalue weighted by Crippen LogP contribution is -2.60. The Morgan fingerprint density at radius 2 is 1.37 bits per heavy atom. The molecule has 27 heavy (non-hydrogen) atoms. The van der Waals surface area contributed by atoms with Crippen LogP contribution in [0.4, 0.5) is 0 Å². The number of halogens is 1. The molecule has 0 unspecified atom stereocenters. The van der Waals surface area contributed by atoms with E-state index in [-0.39, 0.29) is 18.0 Å². The van der Waals surface area contributed by atoms with Crippen molar-refractivity contribution in [2.24, 2.45) is 0 Å². The highest BCUT2D eigenvalue weighted by molar-refractivity contribution is 9.10. The van der Waals surface area contributed by atoms with Crippen LogP contribution in [0.1, 0.15) is 27.5 Å². The van der Waals surface area contributed by atoms with Gasteiger partial charge in [-0.25, -0.2) is 0 Å². The molecule has 1 saturated heterocycles. The van der Waals surface area contributed by atoms with E-state index >= 15 is 0 Å². The van der Waals surface area contributed by atoms with E-state index in [4.69, 9.17) is 0 Å². The summed E-state index contributed by atoms with van der Waals surface area (Å²) in [5.74, 6) is -0.0249. The standard InChI is InChI=1S/C23H21BrN2O/c24-21-14-8-7-13-20(21)23(27)25-19-15-26(16-19)22(17-9-3-1-4-10-17)18-11-5-2-6-12-18/h1-14,19,22H,15-16H2,(H,25,27). The number of carbonyl (C=O) groups is 1. The van der Waals surface area contributed by atoms with Crippen molar-refractivity contribution < 1.29 is 4.79 Å². The average Bonchev–Trinajstić information content (AvgIpc) is 2.68. The summed E-state index contributed by atoms with van der Waals surface area (Å²) in [6, 6.07) is 29.0. The van der Waals surface area contributed by atoms with Gasteiger partial charge in [-0.1, -0.05) is 72.8 Å². The van der Waals surface area contributed by atoms with E-state index in [9.17, 15) is 4.79 Å². The van der Waals surface area contributed by atoms with Crippen LogP contribution in [0, 0.1) is 0 Å². The summed E-state index contributed by atoms with van der Waals surface area (Å²) >= 11 is 3.45. The lowest BCUT2D eigenvalue weighted by atomic mass is 9.93. The zero-order valence-electron chi connectivity index (χ0n) is 14.9. The van der Waals surface area contributed by atoms with Crippen molar-refractivity contribution in [3.63, 3.8) is 0 Å². The molecule has 1 heterocycles. The number of amides is 1. The van der Waals surface area contributed by atoms with Gasteiger partial charge in [-0.15, -0.1) is 0 Å². The molecule has 3 aromatic carbocycles. The van der Waals surface area contributed by atoms with Crippen LogP contribution in [0.5, 0.6) is 0 Å². The quantitative estimate of drug-likeness (QED) is 0.651. The summed E-state index contributed by atoms with van der Waals surface area (Å²) in [6.07, 6.45) is 0. The molecular formula is C23H21BrN2O. The van der Waals surface area contributed by atoms with Gasteiger partial charge in [0.25, 0.3) is 5.91 Å². The Labute approximate surface area is 168 Å². The smallest absolute Gasteiger partial charge is 0.252 e. The van der Waals surface area contributed by atoms with E-state index in [1.54, 1.807) is 0 Å². The first-order valence-electron chi connectivity index (χ1n) is 9.12. The molecule has 0 saturated carbocycles. The first-order chi connectivity index (χ1) is 13.2.